The predicted molar refractivity (Wildman–Crippen MR) is 255 cm³/mol. The zero-order valence-corrected chi connectivity index (χ0v) is 44.2. The number of aliphatic hydroxyl groups excluding tert-OH is 9. The van der Waals surface area contributed by atoms with Gasteiger partial charge in [0.2, 0.25) is 0 Å². The number of hydrogen-bond acceptors (Lipinski definition) is 23. The van der Waals surface area contributed by atoms with E-state index < -0.39 is 171 Å². The van der Waals surface area contributed by atoms with Gasteiger partial charge in [-0.25, -0.2) is 0 Å². The van der Waals surface area contributed by atoms with Crippen molar-refractivity contribution in [3.05, 3.63) is 0 Å². The maximum Gasteiger partial charge on any atom is 0.309 e. The van der Waals surface area contributed by atoms with Crippen molar-refractivity contribution in [3.8, 4) is 0 Å². The van der Waals surface area contributed by atoms with Crippen LogP contribution in [0.4, 0.5) is 0 Å². The molecule has 27 atom stereocenters. The van der Waals surface area contributed by atoms with Crippen LogP contribution in [-0.2, 0) is 66.4 Å². The molecule has 27 unspecified atom stereocenters. The highest BCUT2D eigenvalue weighted by Gasteiger charge is 2.58. The third kappa shape index (κ3) is 15.1. The smallest absolute Gasteiger partial charge is 0.309 e. The van der Waals surface area contributed by atoms with Gasteiger partial charge in [0.1, 0.15) is 79.4 Å². The fourth-order valence-electron chi connectivity index (χ4n) is 10.3. The molecule has 0 aromatic carbocycles. The van der Waals surface area contributed by atoms with Crippen molar-refractivity contribution in [1.29, 1.82) is 0 Å². The Morgan fingerprint density at radius 1 is 0.514 bits per heavy atom. The molecule has 0 aromatic heterocycles. The van der Waals surface area contributed by atoms with Gasteiger partial charge in [0, 0.05) is 6.42 Å². The van der Waals surface area contributed by atoms with Gasteiger partial charge < -0.3 is 103 Å². The molecule has 23 nitrogen and oxygen atoms in total. The summed E-state index contributed by atoms with van der Waals surface area (Å²) in [5.74, 6) is -2.20. The summed E-state index contributed by atoms with van der Waals surface area (Å²) >= 11 is 0. The molecule has 0 amide bonds. The number of fused-ring (bicyclic) bond motifs is 2. The lowest BCUT2D eigenvalue weighted by Crippen LogP contribution is -2.68. The van der Waals surface area contributed by atoms with Crippen LogP contribution in [-0.4, -0.2) is 218 Å². The molecule has 23 heteroatoms. The molecular weight excluding hydrogens is 981 g/mol. The molecule has 6 fully saturated rings. The lowest BCUT2D eigenvalue weighted by Gasteiger charge is -2.51. The number of unbranched alkanes of at least 4 members (excludes halogenated alkanes) is 2. The fraction of sp³-hybridized carbons (Fsp3) is 0.961. The third-order valence-corrected chi connectivity index (χ3v) is 15.4. The molecule has 0 bridgehead atoms. The zero-order valence-electron chi connectivity index (χ0n) is 44.2. The monoisotopic (exact) mass is 1070 g/mol. The summed E-state index contributed by atoms with van der Waals surface area (Å²) < 4.78 is 75.2. The van der Waals surface area contributed by atoms with Crippen LogP contribution >= 0.6 is 0 Å². The first kappa shape index (κ1) is 61.4. The minimum atomic E-state index is -1.88. The van der Waals surface area contributed by atoms with Crippen LogP contribution in [0.1, 0.15) is 145 Å². The summed E-state index contributed by atoms with van der Waals surface area (Å²) in [6.45, 7) is 13.0. The molecule has 0 aromatic rings. The van der Waals surface area contributed by atoms with Crippen LogP contribution in [0.15, 0.2) is 0 Å². The van der Waals surface area contributed by atoms with E-state index in [0.717, 1.165) is 70.6 Å². The molecule has 9 N–H and O–H groups in total. The molecule has 430 valence electrons. The van der Waals surface area contributed by atoms with Gasteiger partial charge in [-0.3, -0.25) is 9.59 Å². The van der Waals surface area contributed by atoms with Crippen molar-refractivity contribution >= 4 is 11.9 Å². The average Bonchev–Trinajstić information content (AvgIpc) is 3.36. The average molecular weight is 1070 g/mol. The van der Waals surface area contributed by atoms with Crippen LogP contribution in [0, 0.1) is 5.92 Å². The highest BCUT2D eigenvalue weighted by Crippen LogP contribution is 2.39. The number of aliphatic hydroxyl groups is 9. The van der Waals surface area contributed by atoms with Gasteiger partial charge in [-0.1, -0.05) is 78.6 Å². The van der Waals surface area contributed by atoms with Gasteiger partial charge in [-0.05, 0) is 60.3 Å². The Balaban J connectivity index is 1.34. The van der Waals surface area contributed by atoms with Crippen molar-refractivity contribution in [1.82, 2.24) is 0 Å². The first-order valence-corrected chi connectivity index (χ1v) is 27.2. The van der Waals surface area contributed by atoms with Crippen LogP contribution in [0.2, 0.25) is 0 Å². The quantitative estimate of drug-likeness (QED) is 0.0912. The number of esters is 2. The summed E-state index contributed by atoms with van der Waals surface area (Å²) in [5.41, 5.74) is 0. The van der Waals surface area contributed by atoms with Gasteiger partial charge in [-0.15, -0.1) is 0 Å². The van der Waals surface area contributed by atoms with Crippen molar-refractivity contribution in [2.75, 3.05) is 0 Å². The number of ether oxygens (including phenoxy) is 12. The topological polar surface area (TPSA) is 327 Å². The summed E-state index contributed by atoms with van der Waals surface area (Å²) in [6, 6.07) is 0. The summed E-state index contributed by atoms with van der Waals surface area (Å²) in [7, 11) is 0. The van der Waals surface area contributed by atoms with Crippen molar-refractivity contribution in [3.63, 3.8) is 0 Å². The second-order valence-corrected chi connectivity index (χ2v) is 21.3. The molecule has 6 heterocycles. The van der Waals surface area contributed by atoms with Crippen LogP contribution < -0.4 is 0 Å². The van der Waals surface area contributed by atoms with E-state index >= 15 is 0 Å². The predicted octanol–water partition coefficient (Wildman–Crippen LogP) is 0.859. The Bertz CT molecular complexity index is 1700. The Hall–Kier alpha value is -1.82. The van der Waals surface area contributed by atoms with Crippen LogP contribution in [0.3, 0.4) is 0 Å². The van der Waals surface area contributed by atoms with Crippen molar-refractivity contribution in [2.45, 2.75) is 305 Å². The highest BCUT2D eigenvalue weighted by molar-refractivity contribution is 5.72. The second-order valence-electron chi connectivity index (χ2n) is 21.3. The lowest BCUT2D eigenvalue weighted by molar-refractivity contribution is -0.399. The standard InChI is InChI=1S/C51H88O23/c1-9-11-17-20-29-21-18-15-13-12-14-16-19-22-30(52)69-43-39(61)40(27(7)66-50(43)73-42-36(58)33(55)26(6)65-49(42)68-29)71-51-45(70-46(62)23(3)10-2)44(74-48-38(60)35(57)32(54)25(5)64-48)41(28(8)67-51)72-47-37(59)34(56)31(53)24(4)63-47/h23-29,31-45,47-51,53-61H,9-22H2,1-8H3. The summed E-state index contributed by atoms with van der Waals surface area (Å²) in [6.07, 6.45) is -27.3. The first-order valence-electron chi connectivity index (χ1n) is 27.2. The molecule has 74 heavy (non-hydrogen) atoms. The van der Waals surface area contributed by atoms with E-state index in [-0.39, 0.29) is 12.5 Å². The molecule has 6 rings (SSSR count). The normalized spacial score (nSPS) is 47.0. The number of carbonyl (C=O) groups is 2. The zero-order chi connectivity index (χ0) is 54.1. The largest absolute Gasteiger partial charge is 0.454 e. The molecule has 6 aliphatic rings. The van der Waals surface area contributed by atoms with Gasteiger partial charge in [0.25, 0.3) is 0 Å². The molecule has 0 radical (unpaired) electrons. The van der Waals surface area contributed by atoms with Crippen LogP contribution in [0.25, 0.3) is 0 Å². The van der Waals surface area contributed by atoms with Gasteiger partial charge in [0.05, 0.1) is 42.5 Å². The van der Waals surface area contributed by atoms with E-state index in [4.69, 9.17) is 56.8 Å². The molecule has 0 aliphatic carbocycles. The van der Waals surface area contributed by atoms with Gasteiger partial charge in [-0.2, -0.15) is 0 Å². The Labute approximate surface area is 434 Å². The van der Waals surface area contributed by atoms with Gasteiger partial charge >= 0.3 is 11.9 Å². The fourth-order valence-corrected chi connectivity index (χ4v) is 10.3. The second kappa shape index (κ2) is 28.4. The molecular formula is C51H88O23. The van der Waals surface area contributed by atoms with Crippen LogP contribution in [0.5, 0.6) is 0 Å². The highest BCUT2D eigenvalue weighted by atomic mass is 16.8. The van der Waals surface area contributed by atoms with E-state index in [1.54, 1.807) is 20.8 Å². The minimum Gasteiger partial charge on any atom is -0.454 e. The molecule has 6 saturated heterocycles. The lowest BCUT2D eigenvalue weighted by atomic mass is 9.95. The number of rotatable bonds is 13. The Morgan fingerprint density at radius 3 is 1.62 bits per heavy atom. The maximum atomic E-state index is 13.9. The Morgan fingerprint density at radius 2 is 1.01 bits per heavy atom. The first-order chi connectivity index (χ1) is 35.2. The maximum absolute atomic E-state index is 13.9. The third-order valence-electron chi connectivity index (χ3n) is 15.4. The molecule has 6 aliphatic heterocycles. The Kier molecular flexibility index (Phi) is 23.5. The molecule has 0 saturated carbocycles. The van der Waals surface area contributed by atoms with E-state index in [0.29, 0.717) is 12.8 Å². The van der Waals surface area contributed by atoms with E-state index in [1.807, 2.05) is 0 Å². The number of hydrogen-bond donors (Lipinski definition) is 9. The van der Waals surface area contributed by atoms with Crippen molar-refractivity contribution in [2.24, 2.45) is 5.92 Å². The van der Waals surface area contributed by atoms with E-state index in [9.17, 15) is 55.5 Å². The van der Waals surface area contributed by atoms with Crippen molar-refractivity contribution < 1.29 is 112 Å². The molecule has 0 spiro atoms. The summed E-state index contributed by atoms with van der Waals surface area (Å²) in [4.78, 5) is 27.6. The number of carbonyl (C=O) groups excluding carboxylic acids is 2. The minimum absolute atomic E-state index is 0.0154. The van der Waals surface area contributed by atoms with E-state index in [1.165, 1.54) is 27.7 Å². The van der Waals surface area contributed by atoms with E-state index in [2.05, 4.69) is 6.92 Å². The van der Waals surface area contributed by atoms with Gasteiger partial charge in [0.15, 0.2) is 43.7 Å². The summed E-state index contributed by atoms with van der Waals surface area (Å²) in [5, 5.41) is 100. The SMILES string of the molecule is CCCCCC1CCCCCCCCCC(=O)OC2C(OC(C)C(OC3OC(C)C(OC4OC(C)C(O)C(O)C4O)C(OC4OC(C)C(O)C(O)C4O)C3OC(=O)C(C)CC)C2O)OC2C(O1)OC(C)C(O)C2O.